The zero-order chi connectivity index (χ0) is 12.0. The van der Waals surface area contributed by atoms with Gasteiger partial charge < -0.3 is 14.9 Å². The summed E-state index contributed by atoms with van der Waals surface area (Å²) in [5.41, 5.74) is 0.849. The standard InChI is InChI=1S/C11H15NO4/c1-2-3-9-6-8(11(14)15)7-10(12-9)16-5-4-13/h6-7,13H,2-5H2,1H3,(H,14,15). The molecular weight excluding hydrogens is 210 g/mol. The Morgan fingerprint density at radius 3 is 2.81 bits per heavy atom. The first-order valence-electron chi connectivity index (χ1n) is 5.15. The van der Waals surface area contributed by atoms with E-state index in [4.69, 9.17) is 14.9 Å². The second-order valence-electron chi connectivity index (χ2n) is 3.31. The molecule has 0 spiro atoms. The summed E-state index contributed by atoms with van der Waals surface area (Å²) in [6.45, 7) is 1.98. The first-order valence-corrected chi connectivity index (χ1v) is 5.15. The minimum atomic E-state index is -1.01. The summed E-state index contributed by atoms with van der Waals surface area (Å²) in [4.78, 5) is 15.0. The van der Waals surface area contributed by atoms with Crippen LogP contribution in [-0.4, -0.2) is 34.4 Å². The lowest BCUT2D eigenvalue weighted by Gasteiger charge is -2.07. The molecule has 88 valence electrons. The molecule has 0 saturated carbocycles. The van der Waals surface area contributed by atoms with Crippen molar-refractivity contribution in [3.05, 3.63) is 23.4 Å². The van der Waals surface area contributed by atoms with Gasteiger partial charge in [0.05, 0.1) is 12.2 Å². The van der Waals surface area contributed by atoms with Gasteiger partial charge in [-0.3, -0.25) is 0 Å². The monoisotopic (exact) mass is 225 g/mol. The second kappa shape index (κ2) is 6.07. The Labute approximate surface area is 93.7 Å². The highest BCUT2D eigenvalue weighted by molar-refractivity contribution is 5.88. The SMILES string of the molecule is CCCc1cc(C(=O)O)cc(OCCO)n1. The van der Waals surface area contributed by atoms with Crippen molar-refractivity contribution in [3.8, 4) is 5.88 Å². The molecule has 0 aromatic carbocycles. The molecule has 1 rings (SSSR count). The lowest BCUT2D eigenvalue weighted by Crippen LogP contribution is -2.07. The van der Waals surface area contributed by atoms with Gasteiger partial charge in [0.1, 0.15) is 6.61 Å². The Balaban J connectivity index is 2.93. The Kier molecular flexibility index (Phi) is 4.72. The largest absolute Gasteiger partial charge is 0.478 e. The van der Waals surface area contributed by atoms with Gasteiger partial charge in [-0.1, -0.05) is 13.3 Å². The number of pyridine rings is 1. The fraction of sp³-hybridized carbons (Fsp3) is 0.455. The Bertz CT molecular complexity index is 365. The van der Waals surface area contributed by atoms with Crippen LogP contribution in [0.5, 0.6) is 5.88 Å². The number of aliphatic hydroxyl groups excluding tert-OH is 1. The van der Waals surface area contributed by atoms with E-state index in [0.717, 1.165) is 6.42 Å². The van der Waals surface area contributed by atoms with Crippen molar-refractivity contribution in [1.29, 1.82) is 0 Å². The van der Waals surface area contributed by atoms with E-state index >= 15 is 0 Å². The molecule has 5 heteroatoms. The quantitative estimate of drug-likeness (QED) is 0.758. The molecule has 0 bridgehead atoms. The lowest BCUT2D eigenvalue weighted by molar-refractivity contribution is 0.0696. The summed E-state index contributed by atoms with van der Waals surface area (Å²) in [5, 5.41) is 17.5. The first-order chi connectivity index (χ1) is 7.67. The smallest absolute Gasteiger partial charge is 0.335 e. The number of hydrogen-bond acceptors (Lipinski definition) is 4. The number of aromatic nitrogens is 1. The van der Waals surface area contributed by atoms with Gasteiger partial charge >= 0.3 is 5.97 Å². The normalized spacial score (nSPS) is 10.1. The minimum absolute atomic E-state index is 0.113. The van der Waals surface area contributed by atoms with Crippen molar-refractivity contribution in [3.63, 3.8) is 0 Å². The summed E-state index contributed by atoms with van der Waals surface area (Å²) < 4.78 is 5.11. The number of aliphatic hydroxyl groups is 1. The molecule has 0 aliphatic carbocycles. The van der Waals surface area contributed by atoms with Gasteiger partial charge in [-0.05, 0) is 12.5 Å². The summed E-state index contributed by atoms with van der Waals surface area (Å²) in [6.07, 6.45) is 1.59. The molecule has 16 heavy (non-hydrogen) atoms. The summed E-state index contributed by atoms with van der Waals surface area (Å²) in [5.74, 6) is -0.758. The molecule has 0 saturated heterocycles. The Morgan fingerprint density at radius 2 is 2.25 bits per heavy atom. The van der Waals surface area contributed by atoms with E-state index < -0.39 is 5.97 Å². The molecule has 1 aromatic heterocycles. The van der Waals surface area contributed by atoms with E-state index in [-0.39, 0.29) is 24.7 Å². The van der Waals surface area contributed by atoms with E-state index in [1.807, 2.05) is 6.92 Å². The molecule has 0 aliphatic heterocycles. The van der Waals surface area contributed by atoms with Crippen LogP contribution in [0.3, 0.4) is 0 Å². The molecule has 0 atom stereocenters. The zero-order valence-electron chi connectivity index (χ0n) is 9.14. The summed E-state index contributed by atoms with van der Waals surface area (Å²) in [6, 6.07) is 2.90. The number of aromatic carboxylic acids is 1. The number of hydrogen-bond donors (Lipinski definition) is 2. The van der Waals surface area contributed by atoms with Gasteiger partial charge in [0.2, 0.25) is 5.88 Å². The van der Waals surface area contributed by atoms with Crippen molar-refractivity contribution in [1.82, 2.24) is 4.98 Å². The van der Waals surface area contributed by atoms with Crippen LogP contribution in [0.2, 0.25) is 0 Å². The predicted molar refractivity (Wildman–Crippen MR) is 57.8 cm³/mol. The van der Waals surface area contributed by atoms with E-state index in [1.54, 1.807) is 0 Å². The molecule has 0 fully saturated rings. The van der Waals surface area contributed by atoms with Crippen LogP contribution in [-0.2, 0) is 6.42 Å². The summed E-state index contributed by atoms with van der Waals surface area (Å²) in [7, 11) is 0. The molecular formula is C11H15NO4. The topological polar surface area (TPSA) is 79.7 Å². The lowest BCUT2D eigenvalue weighted by atomic mass is 10.1. The fourth-order valence-corrected chi connectivity index (χ4v) is 1.29. The molecule has 0 aliphatic rings. The maximum absolute atomic E-state index is 10.9. The number of carboxylic acids is 1. The minimum Gasteiger partial charge on any atom is -0.478 e. The van der Waals surface area contributed by atoms with Gasteiger partial charge in [-0.15, -0.1) is 0 Å². The van der Waals surface area contributed by atoms with Crippen LogP contribution in [0.25, 0.3) is 0 Å². The van der Waals surface area contributed by atoms with E-state index in [1.165, 1.54) is 12.1 Å². The maximum atomic E-state index is 10.9. The van der Waals surface area contributed by atoms with Gasteiger partial charge in [0, 0.05) is 11.8 Å². The van der Waals surface area contributed by atoms with Crippen molar-refractivity contribution in [2.24, 2.45) is 0 Å². The highest BCUT2D eigenvalue weighted by Gasteiger charge is 2.08. The average molecular weight is 225 g/mol. The van der Waals surface area contributed by atoms with Crippen LogP contribution in [0.4, 0.5) is 0 Å². The van der Waals surface area contributed by atoms with Crippen LogP contribution >= 0.6 is 0 Å². The number of rotatable bonds is 6. The van der Waals surface area contributed by atoms with Crippen molar-refractivity contribution in [2.45, 2.75) is 19.8 Å². The number of carboxylic acid groups (broad SMARTS) is 1. The highest BCUT2D eigenvalue weighted by Crippen LogP contribution is 2.14. The predicted octanol–water partition coefficient (Wildman–Crippen LogP) is 1.10. The van der Waals surface area contributed by atoms with Crippen molar-refractivity contribution in [2.75, 3.05) is 13.2 Å². The zero-order valence-corrected chi connectivity index (χ0v) is 9.14. The first kappa shape index (κ1) is 12.4. The second-order valence-corrected chi connectivity index (χ2v) is 3.31. The number of nitrogens with zero attached hydrogens (tertiary/aromatic N) is 1. The molecule has 0 radical (unpaired) electrons. The molecule has 1 heterocycles. The molecule has 1 aromatic rings. The number of carbonyl (C=O) groups is 1. The van der Waals surface area contributed by atoms with Gasteiger partial charge in [0.25, 0.3) is 0 Å². The van der Waals surface area contributed by atoms with Gasteiger partial charge in [-0.2, -0.15) is 0 Å². The number of ether oxygens (including phenoxy) is 1. The Hall–Kier alpha value is -1.62. The van der Waals surface area contributed by atoms with E-state index in [0.29, 0.717) is 12.1 Å². The third-order valence-electron chi connectivity index (χ3n) is 1.95. The van der Waals surface area contributed by atoms with Crippen LogP contribution in [0, 0.1) is 0 Å². The fourth-order valence-electron chi connectivity index (χ4n) is 1.29. The average Bonchev–Trinajstić information content (AvgIpc) is 2.26. The Morgan fingerprint density at radius 1 is 1.50 bits per heavy atom. The molecule has 5 nitrogen and oxygen atoms in total. The number of aryl methyl sites for hydroxylation is 1. The van der Waals surface area contributed by atoms with Crippen molar-refractivity contribution >= 4 is 5.97 Å². The highest BCUT2D eigenvalue weighted by atomic mass is 16.5. The third-order valence-corrected chi connectivity index (χ3v) is 1.95. The van der Waals surface area contributed by atoms with E-state index in [2.05, 4.69) is 4.98 Å². The van der Waals surface area contributed by atoms with Gasteiger partial charge in [-0.25, -0.2) is 9.78 Å². The summed E-state index contributed by atoms with van der Waals surface area (Å²) >= 11 is 0. The van der Waals surface area contributed by atoms with Crippen LogP contribution in [0.1, 0.15) is 29.4 Å². The van der Waals surface area contributed by atoms with Gasteiger partial charge in [0.15, 0.2) is 0 Å². The third kappa shape index (κ3) is 3.51. The van der Waals surface area contributed by atoms with E-state index in [9.17, 15) is 4.79 Å². The maximum Gasteiger partial charge on any atom is 0.335 e. The van der Waals surface area contributed by atoms with Crippen LogP contribution < -0.4 is 4.74 Å². The van der Waals surface area contributed by atoms with Crippen molar-refractivity contribution < 1.29 is 19.7 Å². The van der Waals surface area contributed by atoms with Crippen LogP contribution in [0.15, 0.2) is 12.1 Å². The molecule has 0 unspecified atom stereocenters. The molecule has 2 N–H and O–H groups in total. The molecule has 0 amide bonds.